The Morgan fingerprint density at radius 1 is 1.05 bits per heavy atom. The van der Waals surface area contributed by atoms with E-state index < -0.39 is 17.9 Å². The number of halogens is 3. The van der Waals surface area contributed by atoms with E-state index in [0.29, 0.717) is 23.1 Å². The van der Waals surface area contributed by atoms with Crippen LogP contribution in [-0.2, 0) is 4.79 Å². The summed E-state index contributed by atoms with van der Waals surface area (Å²) in [6.45, 7) is 7.19. The molecule has 0 unspecified atom stereocenters. The van der Waals surface area contributed by atoms with E-state index in [1.807, 2.05) is 77.3 Å². The van der Waals surface area contributed by atoms with Gasteiger partial charge in [0.1, 0.15) is 11.4 Å². The third kappa shape index (κ3) is 9.66. The summed E-state index contributed by atoms with van der Waals surface area (Å²) >= 11 is 6.45. The number of hydrogen-bond donors (Lipinski definition) is 2. The molecule has 0 aliphatic rings. The maximum atomic E-state index is 13.2. The second kappa shape index (κ2) is 16.4. The summed E-state index contributed by atoms with van der Waals surface area (Å²) in [5, 5.41) is 12.6. The van der Waals surface area contributed by atoms with Gasteiger partial charge >= 0.3 is 5.97 Å². The largest absolute Gasteiger partial charge is 0.492 e. The number of carbonyl (C=O) groups excluding carboxylic acids is 1. The van der Waals surface area contributed by atoms with E-state index in [1.54, 1.807) is 12.1 Å². The number of amides is 1. The molecule has 0 aliphatic carbocycles. The third-order valence-electron chi connectivity index (χ3n) is 6.29. The predicted octanol–water partition coefficient (Wildman–Crippen LogP) is 6.78. The second-order valence-electron chi connectivity index (χ2n) is 9.98. The summed E-state index contributed by atoms with van der Waals surface area (Å²) in [4.78, 5) is 31.3. The lowest BCUT2D eigenvalue weighted by Gasteiger charge is -2.21. The number of carboxylic acid groups (broad SMARTS) is 1. The predicted molar refractivity (Wildman–Crippen MR) is 166 cm³/mol. The van der Waals surface area contributed by atoms with E-state index in [9.17, 15) is 14.7 Å². The topological polar surface area (TPSA) is 91.8 Å². The molecule has 0 saturated heterocycles. The average molecular weight is 611 g/mol. The van der Waals surface area contributed by atoms with Gasteiger partial charge < -0.3 is 20.1 Å². The van der Waals surface area contributed by atoms with Crippen molar-refractivity contribution >= 4 is 48.3 Å². The minimum absolute atomic E-state index is 0. The molecule has 0 fully saturated rings. The number of carbonyl (C=O) groups is 2. The molecule has 218 valence electrons. The first-order valence-corrected chi connectivity index (χ1v) is 13.1. The fraction of sp³-hybridized carbons (Fsp3) is 0.367. The van der Waals surface area contributed by atoms with Crippen LogP contribution >= 0.6 is 36.4 Å². The Labute approximate surface area is 254 Å². The SMILES string of the molecule is Cc1ccccc1-c1ccc(C(=O)N[C@@H](CC(=O)O)C(C)C)nc1-c1ccc(Cl)c(OCCCN(C)C)c1.Cl.Cl. The molecular formula is C30H38Cl3N3O4. The van der Waals surface area contributed by atoms with Gasteiger partial charge in [-0.1, -0.05) is 55.8 Å². The van der Waals surface area contributed by atoms with Gasteiger partial charge in [-0.3, -0.25) is 9.59 Å². The second-order valence-corrected chi connectivity index (χ2v) is 10.4. The number of nitrogens with one attached hydrogen (secondary N) is 1. The Morgan fingerprint density at radius 2 is 1.75 bits per heavy atom. The maximum Gasteiger partial charge on any atom is 0.305 e. The molecule has 1 amide bonds. The fourth-order valence-electron chi connectivity index (χ4n) is 4.11. The standard InChI is InChI=1S/C30H36ClN3O4.2ClH/c1-19(2)26(18-28(35)36)33-30(37)25-14-12-23(22-10-7-6-9-20(22)3)29(32-25)21-11-13-24(31)27(17-21)38-16-8-15-34(4)5;;/h6-7,9-14,17,19,26H,8,15-16,18H2,1-5H3,(H,33,37)(H,35,36);2*1H/t26-;;/m0../s1. The van der Waals surface area contributed by atoms with E-state index in [0.717, 1.165) is 35.2 Å². The van der Waals surface area contributed by atoms with Crippen molar-refractivity contribution in [2.24, 2.45) is 5.92 Å². The van der Waals surface area contributed by atoms with Crippen LogP contribution in [0.2, 0.25) is 5.02 Å². The Kier molecular flexibility index (Phi) is 14.5. The van der Waals surface area contributed by atoms with Crippen LogP contribution in [0.1, 0.15) is 42.7 Å². The first-order chi connectivity index (χ1) is 18.1. The molecule has 3 aromatic rings. The minimum atomic E-state index is -0.966. The summed E-state index contributed by atoms with van der Waals surface area (Å²) in [7, 11) is 4.03. The van der Waals surface area contributed by atoms with Gasteiger partial charge in [0.05, 0.1) is 23.7 Å². The molecule has 0 saturated carbocycles. The van der Waals surface area contributed by atoms with Gasteiger partial charge in [-0.2, -0.15) is 0 Å². The van der Waals surface area contributed by atoms with Crippen LogP contribution < -0.4 is 10.1 Å². The number of ether oxygens (including phenoxy) is 1. The Balaban J connectivity index is 0.00000400. The van der Waals surface area contributed by atoms with Crippen LogP contribution in [0.25, 0.3) is 22.4 Å². The van der Waals surface area contributed by atoms with Crippen LogP contribution in [0.15, 0.2) is 54.6 Å². The molecule has 7 nitrogen and oxygen atoms in total. The summed E-state index contributed by atoms with van der Waals surface area (Å²) < 4.78 is 5.99. The lowest BCUT2D eigenvalue weighted by molar-refractivity contribution is -0.137. The van der Waals surface area contributed by atoms with Gasteiger partial charge in [-0.05, 0) is 68.8 Å². The molecular weight excluding hydrogens is 573 g/mol. The summed E-state index contributed by atoms with van der Waals surface area (Å²) in [6.07, 6.45) is 0.687. The van der Waals surface area contributed by atoms with Crippen molar-refractivity contribution in [1.82, 2.24) is 15.2 Å². The van der Waals surface area contributed by atoms with E-state index in [2.05, 4.69) is 10.2 Å². The van der Waals surface area contributed by atoms with Crippen molar-refractivity contribution in [3.8, 4) is 28.1 Å². The fourth-order valence-corrected chi connectivity index (χ4v) is 4.28. The van der Waals surface area contributed by atoms with E-state index in [-0.39, 0.29) is 42.8 Å². The van der Waals surface area contributed by atoms with Crippen LogP contribution in [0.5, 0.6) is 5.75 Å². The zero-order chi connectivity index (χ0) is 27.8. The quantitative estimate of drug-likeness (QED) is 0.220. The maximum absolute atomic E-state index is 13.2. The van der Waals surface area contributed by atoms with Gasteiger partial charge in [-0.25, -0.2) is 4.98 Å². The van der Waals surface area contributed by atoms with Crippen LogP contribution in [-0.4, -0.2) is 60.2 Å². The number of aromatic nitrogens is 1. The van der Waals surface area contributed by atoms with Crippen molar-refractivity contribution in [2.45, 2.75) is 39.7 Å². The highest BCUT2D eigenvalue weighted by Gasteiger charge is 2.22. The van der Waals surface area contributed by atoms with Crippen molar-refractivity contribution < 1.29 is 19.4 Å². The van der Waals surface area contributed by atoms with Gasteiger partial charge in [0.25, 0.3) is 5.91 Å². The summed E-state index contributed by atoms with van der Waals surface area (Å²) in [5.41, 5.74) is 4.51. The number of benzene rings is 2. The average Bonchev–Trinajstić information content (AvgIpc) is 2.86. The first-order valence-electron chi connectivity index (χ1n) is 12.7. The van der Waals surface area contributed by atoms with Gasteiger partial charge in [0.2, 0.25) is 0 Å². The molecule has 1 atom stereocenters. The highest BCUT2D eigenvalue weighted by molar-refractivity contribution is 6.32. The molecule has 0 spiro atoms. The summed E-state index contributed by atoms with van der Waals surface area (Å²) in [5.74, 6) is -0.885. The van der Waals surface area contributed by atoms with Crippen LogP contribution in [0.4, 0.5) is 0 Å². The molecule has 0 bridgehead atoms. The van der Waals surface area contributed by atoms with Crippen molar-refractivity contribution in [3.63, 3.8) is 0 Å². The first kappa shape index (κ1) is 35.2. The third-order valence-corrected chi connectivity index (χ3v) is 6.60. The Bertz CT molecular complexity index is 1280. The number of pyridine rings is 1. The lowest BCUT2D eigenvalue weighted by Crippen LogP contribution is -2.40. The van der Waals surface area contributed by atoms with Crippen molar-refractivity contribution in [3.05, 3.63) is 70.9 Å². The Hall–Kier alpha value is -2.84. The number of hydrogen-bond acceptors (Lipinski definition) is 5. The lowest BCUT2D eigenvalue weighted by atomic mass is 9.95. The summed E-state index contributed by atoms with van der Waals surface area (Å²) in [6, 6.07) is 16.5. The molecule has 3 rings (SSSR count). The van der Waals surface area contributed by atoms with Gasteiger partial charge in [-0.15, -0.1) is 24.8 Å². The van der Waals surface area contributed by atoms with Gasteiger partial charge in [0.15, 0.2) is 0 Å². The molecule has 0 radical (unpaired) electrons. The van der Waals surface area contributed by atoms with E-state index >= 15 is 0 Å². The van der Waals surface area contributed by atoms with E-state index in [1.165, 1.54) is 0 Å². The molecule has 2 N–H and O–H groups in total. The molecule has 10 heteroatoms. The molecule has 1 aromatic heterocycles. The number of rotatable bonds is 12. The zero-order valence-corrected chi connectivity index (χ0v) is 25.8. The Morgan fingerprint density at radius 3 is 2.38 bits per heavy atom. The number of aliphatic carboxylic acids is 1. The molecule has 1 heterocycles. The van der Waals surface area contributed by atoms with E-state index in [4.69, 9.17) is 21.3 Å². The van der Waals surface area contributed by atoms with Crippen LogP contribution in [0, 0.1) is 12.8 Å². The molecule has 2 aromatic carbocycles. The van der Waals surface area contributed by atoms with Crippen molar-refractivity contribution in [1.29, 1.82) is 0 Å². The van der Waals surface area contributed by atoms with Crippen molar-refractivity contribution in [2.75, 3.05) is 27.2 Å². The zero-order valence-electron chi connectivity index (χ0n) is 23.4. The number of nitrogens with zero attached hydrogens (tertiary/aromatic N) is 2. The normalized spacial score (nSPS) is 11.4. The van der Waals surface area contributed by atoms with Crippen LogP contribution in [0.3, 0.4) is 0 Å². The van der Waals surface area contributed by atoms with Gasteiger partial charge in [0, 0.05) is 23.7 Å². The minimum Gasteiger partial charge on any atom is -0.492 e. The highest BCUT2D eigenvalue weighted by atomic mass is 35.5. The highest BCUT2D eigenvalue weighted by Crippen LogP contribution is 2.36. The smallest absolute Gasteiger partial charge is 0.305 e. The number of carboxylic acids is 1. The number of aryl methyl sites for hydroxylation is 1. The molecule has 0 aliphatic heterocycles. The molecule has 40 heavy (non-hydrogen) atoms. The monoisotopic (exact) mass is 609 g/mol.